The first kappa shape index (κ1) is 16.8. The van der Waals surface area contributed by atoms with Gasteiger partial charge in [0.2, 0.25) is 0 Å². The molecule has 2 amide bonds. The van der Waals surface area contributed by atoms with Crippen molar-refractivity contribution in [3.05, 3.63) is 0 Å². The summed E-state index contributed by atoms with van der Waals surface area (Å²) in [5.41, 5.74) is 0. The lowest BCUT2D eigenvalue weighted by Crippen LogP contribution is -2.49. The average molecular weight is 284 g/mol. The van der Waals surface area contributed by atoms with Crippen molar-refractivity contribution in [2.45, 2.75) is 52.4 Å². The second-order valence-corrected chi connectivity index (χ2v) is 5.60. The van der Waals surface area contributed by atoms with Crippen LogP contribution in [0, 0.1) is 5.92 Å². The van der Waals surface area contributed by atoms with Crippen LogP contribution in [-0.2, 0) is 4.79 Å². The number of piperidine rings is 1. The van der Waals surface area contributed by atoms with E-state index < -0.39 is 11.9 Å². The van der Waals surface area contributed by atoms with Gasteiger partial charge in [-0.15, -0.1) is 0 Å². The molecule has 1 rings (SSSR count). The van der Waals surface area contributed by atoms with Crippen molar-refractivity contribution in [1.82, 2.24) is 9.80 Å². The molecule has 0 unspecified atom stereocenters. The van der Waals surface area contributed by atoms with E-state index in [0.717, 1.165) is 45.2 Å². The lowest BCUT2D eigenvalue weighted by atomic mass is 9.98. The van der Waals surface area contributed by atoms with Crippen molar-refractivity contribution in [2.75, 3.05) is 26.2 Å². The molecule has 0 spiro atoms. The van der Waals surface area contributed by atoms with E-state index in [1.807, 2.05) is 4.90 Å². The van der Waals surface area contributed by atoms with Crippen LogP contribution in [0.1, 0.15) is 52.4 Å². The SMILES string of the molecule is CCCCN(CCCC)C(=O)N1CCC[C@H](C(=O)O)C1. The van der Waals surface area contributed by atoms with Crippen molar-refractivity contribution < 1.29 is 14.7 Å². The molecule has 1 aliphatic rings. The molecule has 1 aliphatic heterocycles. The first-order valence-electron chi connectivity index (χ1n) is 7.86. The third-order valence-corrected chi connectivity index (χ3v) is 3.87. The van der Waals surface area contributed by atoms with Crippen molar-refractivity contribution in [3.63, 3.8) is 0 Å². The molecule has 116 valence electrons. The van der Waals surface area contributed by atoms with Crippen LogP contribution in [0.15, 0.2) is 0 Å². The van der Waals surface area contributed by atoms with Gasteiger partial charge < -0.3 is 14.9 Å². The van der Waals surface area contributed by atoms with Crippen molar-refractivity contribution in [2.24, 2.45) is 5.92 Å². The highest BCUT2D eigenvalue weighted by Gasteiger charge is 2.30. The van der Waals surface area contributed by atoms with Crippen LogP contribution < -0.4 is 0 Å². The molecule has 1 fully saturated rings. The number of carbonyl (C=O) groups is 2. The Labute approximate surface area is 121 Å². The Kier molecular flexibility index (Phi) is 7.41. The monoisotopic (exact) mass is 284 g/mol. The van der Waals surface area contributed by atoms with Crippen LogP contribution >= 0.6 is 0 Å². The third-order valence-electron chi connectivity index (χ3n) is 3.87. The normalized spacial score (nSPS) is 18.9. The van der Waals surface area contributed by atoms with Gasteiger partial charge in [-0.05, 0) is 25.7 Å². The lowest BCUT2D eigenvalue weighted by Gasteiger charge is -2.35. The maximum absolute atomic E-state index is 12.5. The fourth-order valence-corrected chi connectivity index (χ4v) is 2.55. The van der Waals surface area contributed by atoms with E-state index in [2.05, 4.69) is 13.8 Å². The molecule has 5 heteroatoms. The number of urea groups is 1. The largest absolute Gasteiger partial charge is 0.481 e. The van der Waals surface area contributed by atoms with E-state index >= 15 is 0 Å². The van der Waals surface area contributed by atoms with Gasteiger partial charge in [0.25, 0.3) is 0 Å². The molecule has 1 saturated heterocycles. The van der Waals surface area contributed by atoms with Crippen molar-refractivity contribution >= 4 is 12.0 Å². The zero-order chi connectivity index (χ0) is 15.0. The minimum Gasteiger partial charge on any atom is -0.481 e. The molecule has 20 heavy (non-hydrogen) atoms. The Hall–Kier alpha value is -1.26. The second kappa shape index (κ2) is 8.82. The summed E-state index contributed by atoms with van der Waals surface area (Å²) >= 11 is 0. The highest BCUT2D eigenvalue weighted by Crippen LogP contribution is 2.18. The van der Waals surface area contributed by atoms with E-state index in [4.69, 9.17) is 5.11 Å². The zero-order valence-corrected chi connectivity index (χ0v) is 12.8. The summed E-state index contributed by atoms with van der Waals surface area (Å²) in [6.45, 7) is 6.85. The Morgan fingerprint density at radius 3 is 2.30 bits per heavy atom. The number of rotatable bonds is 7. The second-order valence-electron chi connectivity index (χ2n) is 5.60. The molecule has 1 heterocycles. The first-order valence-corrected chi connectivity index (χ1v) is 7.86. The Balaban J connectivity index is 2.59. The predicted octanol–water partition coefficient (Wildman–Crippen LogP) is 2.81. The molecule has 0 bridgehead atoms. The number of carboxylic acids is 1. The van der Waals surface area contributed by atoms with Gasteiger partial charge in [0.1, 0.15) is 0 Å². The molecule has 1 N–H and O–H groups in total. The molecule has 0 radical (unpaired) electrons. The van der Waals surface area contributed by atoms with E-state index in [0.29, 0.717) is 19.5 Å². The maximum Gasteiger partial charge on any atom is 0.320 e. The molecular formula is C15H28N2O3. The minimum absolute atomic E-state index is 0.0258. The number of likely N-dealkylation sites (tertiary alicyclic amines) is 1. The Morgan fingerprint density at radius 1 is 1.20 bits per heavy atom. The topological polar surface area (TPSA) is 60.9 Å². The van der Waals surface area contributed by atoms with Crippen LogP contribution in [0.25, 0.3) is 0 Å². The standard InChI is InChI=1S/C15H28N2O3/c1-3-5-9-16(10-6-4-2)15(20)17-11-7-8-13(12-17)14(18)19/h13H,3-12H2,1-2H3,(H,18,19)/t13-/m0/s1. The van der Waals surface area contributed by atoms with E-state index in [1.165, 1.54) is 0 Å². The zero-order valence-electron chi connectivity index (χ0n) is 12.8. The van der Waals surface area contributed by atoms with Crippen molar-refractivity contribution in [3.8, 4) is 0 Å². The summed E-state index contributed by atoms with van der Waals surface area (Å²) in [5.74, 6) is -1.18. The maximum atomic E-state index is 12.5. The van der Waals surface area contributed by atoms with Crippen LogP contribution in [-0.4, -0.2) is 53.1 Å². The highest BCUT2D eigenvalue weighted by atomic mass is 16.4. The van der Waals surface area contributed by atoms with Gasteiger partial charge in [-0.25, -0.2) is 4.79 Å². The van der Waals surface area contributed by atoms with Gasteiger partial charge in [0.05, 0.1) is 5.92 Å². The van der Waals surface area contributed by atoms with Gasteiger partial charge in [0.15, 0.2) is 0 Å². The molecule has 0 aliphatic carbocycles. The molecule has 0 aromatic carbocycles. The molecular weight excluding hydrogens is 256 g/mol. The molecule has 0 aromatic heterocycles. The Bertz CT molecular complexity index is 312. The first-order chi connectivity index (χ1) is 9.60. The predicted molar refractivity (Wildman–Crippen MR) is 78.7 cm³/mol. The summed E-state index contributed by atoms with van der Waals surface area (Å²) in [7, 11) is 0. The number of hydrogen-bond donors (Lipinski definition) is 1. The fraction of sp³-hybridized carbons (Fsp3) is 0.867. The summed E-state index contributed by atoms with van der Waals surface area (Å²) < 4.78 is 0. The fourth-order valence-electron chi connectivity index (χ4n) is 2.55. The van der Waals surface area contributed by atoms with Crippen LogP contribution in [0.5, 0.6) is 0 Å². The van der Waals surface area contributed by atoms with Gasteiger partial charge in [-0.2, -0.15) is 0 Å². The molecule has 0 aromatic rings. The number of unbranched alkanes of at least 4 members (excludes halogenated alkanes) is 2. The van der Waals surface area contributed by atoms with E-state index in [9.17, 15) is 9.59 Å². The number of hydrogen-bond acceptors (Lipinski definition) is 2. The van der Waals surface area contributed by atoms with Crippen LogP contribution in [0.3, 0.4) is 0 Å². The van der Waals surface area contributed by atoms with Gasteiger partial charge in [-0.3, -0.25) is 4.79 Å². The molecule has 1 atom stereocenters. The smallest absolute Gasteiger partial charge is 0.320 e. The van der Waals surface area contributed by atoms with Crippen LogP contribution in [0.4, 0.5) is 4.79 Å². The number of nitrogens with zero attached hydrogens (tertiary/aromatic N) is 2. The summed E-state index contributed by atoms with van der Waals surface area (Å²) in [6, 6.07) is 0.0258. The summed E-state index contributed by atoms with van der Waals surface area (Å²) in [6.07, 6.45) is 5.61. The molecule has 0 saturated carbocycles. The quantitative estimate of drug-likeness (QED) is 0.782. The number of carboxylic acid groups (broad SMARTS) is 1. The van der Waals surface area contributed by atoms with Gasteiger partial charge in [0, 0.05) is 26.2 Å². The van der Waals surface area contributed by atoms with Crippen molar-refractivity contribution in [1.29, 1.82) is 0 Å². The van der Waals surface area contributed by atoms with E-state index in [1.54, 1.807) is 4.90 Å². The highest BCUT2D eigenvalue weighted by molar-refractivity contribution is 5.76. The van der Waals surface area contributed by atoms with Gasteiger partial charge in [-0.1, -0.05) is 26.7 Å². The third kappa shape index (κ3) is 5.02. The summed E-state index contributed by atoms with van der Waals surface area (Å²) in [4.78, 5) is 27.3. The number of aliphatic carboxylic acids is 1. The van der Waals surface area contributed by atoms with Crippen LogP contribution in [0.2, 0.25) is 0 Å². The summed E-state index contributed by atoms with van der Waals surface area (Å²) in [5, 5.41) is 9.11. The lowest BCUT2D eigenvalue weighted by molar-refractivity contribution is -0.143. The van der Waals surface area contributed by atoms with Gasteiger partial charge >= 0.3 is 12.0 Å². The Morgan fingerprint density at radius 2 is 1.80 bits per heavy atom. The number of amides is 2. The number of carbonyl (C=O) groups excluding carboxylic acids is 1. The minimum atomic E-state index is -0.781. The molecule has 5 nitrogen and oxygen atoms in total. The van der Waals surface area contributed by atoms with E-state index in [-0.39, 0.29) is 6.03 Å². The average Bonchev–Trinajstić information content (AvgIpc) is 2.47.